The molecule has 1 aliphatic rings. The monoisotopic (exact) mass is 409 g/mol. The number of nitrogens with one attached hydrogen (secondary N) is 1. The van der Waals surface area contributed by atoms with Gasteiger partial charge in [-0.25, -0.2) is 13.4 Å². The molecule has 0 radical (unpaired) electrons. The lowest BCUT2D eigenvalue weighted by atomic mass is 10.2. The molecule has 1 amide bonds. The van der Waals surface area contributed by atoms with E-state index in [0.29, 0.717) is 41.7 Å². The minimum Gasteiger partial charge on any atom is -0.492 e. The van der Waals surface area contributed by atoms with Crippen LogP contribution in [0.3, 0.4) is 0 Å². The van der Waals surface area contributed by atoms with Gasteiger partial charge in [-0.1, -0.05) is 6.42 Å². The SMILES string of the molecule is CCOc1ccc(NC(=O)c2scnc2C)cc1S(=O)(=O)N1CCCCC1. The summed E-state index contributed by atoms with van der Waals surface area (Å²) in [6.45, 7) is 4.93. The summed E-state index contributed by atoms with van der Waals surface area (Å²) in [4.78, 5) is 17.1. The van der Waals surface area contributed by atoms with E-state index in [1.807, 2.05) is 0 Å². The number of carbonyl (C=O) groups excluding carboxylic acids is 1. The highest BCUT2D eigenvalue weighted by atomic mass is 32.2. The molecular weight excluding hydrogens is 386 g/mol. The first-order valence-corrected chi connectivity index (χ1v) is 11.2. The van der Waals surface area contributed by atoms with Gasteiger partial charge >= 0.3 is 0 Å². The first-order chi connectivity index (χ1) is 12.9. The van der Waals surface area contributed by atoms with Crippen molar-refractivity contribution >= 4 is 33.0 Å². The number of amides is 1. The molecule has 1 saturated heterocycles. The first-order valence-electron chi connectivity index (χ1n) is 8.92. The van der Waals surface area contributed by atoms with Gasteiger partial charge in [0.15, 0.2) is 0 Å². The average Bonchev–Trinajstić information content (AvgIpc) is 3.10. The fraction of sp³-hybridized carbons (Fsp3) is 0.444. The summed E-state index contributed by atoms with van der Waals surface area (Å²) in [6.07, 6.45) is 2.74. The molecule has 1 aromatic heterocycles. The van der Waals surface area contributed by atoms with Gasteiger partial charge in [-0.3, -0.25) is 4.79 Å². The Kier molecular flexibility index (Phi) is 6.13. The number of hydrogen-bond acceptors (Lipinski definition) is 6. The van der Waals surface area contributed by atoms with Crippen molar-refractivity contribution in [3.8, 4) is 5.75 Å². The zero-order valence-electron chi connectivity index (χ0n) is 15.4. The molecule has 146 valence electrons. The summed E-state index contributed by atoms with van der Waals surface area (Å²) in [6, 6.07) is 4.72. The van der Waals surface area contributed by atoms with Crippen molar-refractivity contribution in [2.45, 2.75) is 38.0 Å². The molecule has 0 saturated carbocycles. The molecular formula is C18H23N3O4S2. The van der Waals surface area contributed by atoms with Crippen LogP contribution in [-0.2, 0) is 10.0 Å². The predicted octanol–water partition coefficient (Wildman–Crippen LogP) is 3.28. The number of aromatic nitrogens is 1. The van der Waals surface area contributed by atoms with Crippen LogP contribution in [0.1, 0.15) is 41.6 Å². The van der Waals surface area contributed by atoms with E-state index in [1.165, 1.54) is 21.7 Å². The van der Waals surface area contributed by atoms with Gasteiger partial charge in [-0.2, -0.15) is 4.31 Å². The van der Waals surface area contributed by atoms with E-state index < -0.39 is 10.0 Å². The minimum atomic E-state index is -3.69. The summed E-state index contributed by atoms with van der Waals surface area (Å²) in [5.74, 6) is -0.00414. The van der Waals surface area contributed by atoms with E-state index >= 15 is 0 Å². The number of aryl methyl sites for hydroxylation is 1. The van der Waals surface area contributed by atoms with E-state index in [2.05, 4.69) is 10.3 Å². The van der Waals surface area contributed by atoms with Crippen LogP contribution >= 0.6 is 11.3 Å². The van der Waals surface area contributed by atoms with Crippen LogP contribution in [0.5, 0.6) is 5.75 Å². The van der Waals surface area contributed by atoms with Crippen LogP contribution in [0.2, 0.25) is 0 Å². The van der Waals surface area contributed by atoms with Gasteiger partial charge in [0.25, 0.3) is 5.91 Å². The van der Waals surface area contributed by atoms with Gasteiger partial charge in [-0.15, -0.1) is 11.3 Å². The second-order valence-corrected chi connectivity index (χ2v) is 9.04. The number of piperidine rings is 1. The highest BCUT2D eigenvalue weighted by Gasteiger charge is 2.29. The number of anilines is 1. The van der Waals surface area contributed by atoms with Gasteiger partial charge in [0, 0.05) is 18.8 Å². The largest absolute Gasteiger partial charge is 0.492 e. The van der Waals surface area contributed by atoms with Gasteiger partial charge in [0.2, 0.25) is 10.0 Å². The first kappa shape index (κ1) is 19.8. The minimum absolute atomic E-state index is 0.0880. The number of benzene rings is 1. The van der Waals surface area contributed by atoms with Gasteiger partial charge in [0.1, 0.15) is 15.5 Å². The summed E-state index contributed by atoms with van der Waals surface area (Å²) in [5, 5.41) is 2.76. The number of nitrogens with zero attached hydrogens (tertiary/aromatic N) is 2. The van der Waals surface area contributed by atoms with E-state index in [4.69, 9.17) is 4.74 Å². The number of rotatable bonds is 6. The standard InChI is InChI=1S/C18H23N3O4S2/c1-3-25-15-8-7-14(20-18(22)17-13(2)19-12-26-17)11-16(15)27(23,24)21-9-5-4-6-10-21/h7-8,11-12H,3-6,9-10H2,1-2H3,(H,20,22). The molecule has 0 unspecified atom stereocenters. The number of ether oxygens (including phenoxy) is 1. The van der Waals surface area contributed by atoms with Crippen molar-refractivity contribution in [3.05, 3.63) is 34.3 Å². The summed E-state index contributed by atoms with van der Waals surface area (Å²) < 4.78 is 33.3. The van der Waals surface area contributed by atoms with Crippen molar-refractivity contribution in [3.63, 3.8) is 0 Å². The molecule has 0 bridgehead atoms. The zero-order chi connectivity index (χ0) is 19.4. The number of carbonyl (C=O) groups is 1. The highest BCUT2D eigenvalue weighted by Crippen LogP contribution is 2.31. The molecule has 2 heterocycles. The third-order valence-electron chi connectivity index (χ3n) is 4.39. The summed E-state index contributed by atoms with van der Waals surface area (Å²) in [5.41, 5.74) is 2.66. The molecule has 1 fully saturated rings. The lowest BCUT2D eigenvalue weighted by molar-refractivity contribution is 0.102. The van der Waals surface area contributed by atoms with Crippen molar-refractivity contribution in [2.24, 2.45) is 0 Å². The average molecular weight is 410 g/mol. The van der Waals surface area contributed by atoms with Crippen LogP contribution in [0.15, 0.2) is 28.6 Å². The molecule has 0 aliphatic carbocycles. The lowest BCUT2D eigenvalue weighted by Crippen LogP contribution is -2.35. The molecule has 0 atom stereocenters. The van der Waals surface area contributed by atoms with Crippen LogP contribution in [0, 0.1) is 6.92 Å². The topological polar surface area (TPSA) is 88.6 Å². The lowest BCUT2D eigenvalue weighted by Gasteiger charge is -2.27. The predicted molar refractivity (Wildman–Crippen MR) is 105 cm³/mol. The Morgan fingerprint density at radius 1 is 1.30 bits per heavy atom. The Morgan fingerprint density at radius 3 is 2.67 bits per heavy atom. The van der Waals surface area contributed by atoms with Crippen molar-refractivity contribution in [1.29, 1.82) is 0 Å². The molecule has 3 rings (SSSR count). The van der Waals surface area contributed by atoms with Crippen LogP contribution in [-0.4, -0.2) is 43.3 Å². The number of sulfonamides is 1. The Balaban J connectivity index is 1.93. The molecule has 1 aromatic carbocycles. The summed E-state index contributed by atoms with van der Waals surface area (Å²) in [7, 11) is -3.69. The Hall–Kier alpha value is -1.97. The Bertz CT molecular complexity index is 918. The molecule has 27 heavy (non-hydrogen) atoms. The maximum Gasteiger partial charge on any atom is 0.267 e. The molecule has 0 spiro atoms. The number of hydrogen-bond donors (Lipinski definition) is 1. The molecule has 2 aromatic rings. The normalized spacial score (nSPS) is 15.5. The quantitative estimate of drug-likeness (QED) is 0.791. The zero-order valence-corrected chi connectivity index (χ0v) is 17.0. The van der Waals surface area contributed by atoms with Crippen LogP contribution in [0.4, 0.5) is 5.69 Å². The second kappa shape index (κ2) is 8.37. The van der Waals surface area contributed by atoms with E-state index in [0.717, 1.165) is 19.3 Å². The molecule has 7 nitrogen and oxygen atoms in total. The van der Waals surface area contributed by atoms with Crippen molar-refractivity contribution < 1.29 is 17.9 Å². The fourth-order valence-corrected chi connectivity index (χ4v) is 5.39. The van der Waals surface area contributed by atoms with Gasteiger partial charge in [0.05, 0.1) is 17.8 Å². The third-order valence-corrected chi connectivity index (χ3v) is 7.23. The van der Waals surface area contributed by atoms with E-state index in [9.17, 15) is 13.2 Å². The third kappa shape index (κ3) is 4.31. The molecule has 1 aliphatic heterocycles. The van der Waals surface area contributed by atoms with Crippen LogP contribution in [0.25, 0.3) is 0 Å². The van der Waals surface area contributed by atoms with Crippen molar-refractivity contribution in [2.75, 3.05) is 25.0 Å². The molecule has 9 heteroatoms. The van der Waals surface area contributed by atoms with Gasteiger partial charge in [-0.05, 0) is 44.9 Å². The maximum absolute atomic E-state index is 13.1. The highest BCUT2D eigenvalue weighted by molar-refractivity contribution is 7.89. The second-order valence-electron chi connectivity index (χ2n) is 6.28. The maximum atomic E-state index is 13.1. The molecule has 1 N–H and O–H groups in total. The van der Waals surface area contributed by atoms with Gasteiger partial charge < -0.3 is 10.1 Å². The number of thiazole rings is 1. The van der Waals surface area contributed by atoms with E-state index in [-0.39, 0.29) is 10.8 Å². The summed E-state index contributed by atoms with van der Waals surface area (Å²) >= 11 is 1.25. The smallest absolute Gasteiger partial charge is 0.267 e. The van der Waals surface area contributed by atoms with E-state index in [1.54, 1.807) is 31.5 Å². The Labute approximate surface area is 163 Å². The van der Waals surface area contributed by atoms with Crippen molar-refractivity contribution in [1.82, 2.24) is 9.29 Å². The van der Waals surface area contributed by atoms with Crippen LogP contribution < -0.4 is 10.1 Å². The fourth-order valence-electron chi connectivity index (χ4n) is 3.01. The Morgan fingerprint density at radius 2 is 2.04 bits per heavy atom.